The molecule has 0 radical (unpaired) electrons. The maximum Gasteiger partial charge on any atom is 0.222 e. The van der Waals surface area contributed by atoms with E-state index in [-0.39, 0.29) is 11.7 Å². The lowest BCUT2D eigenvalue weighted by Crippen LogP contribution is -2.24. The number of likely N-dealkylation sites (tertiary alicyclic amines) is 1. The van der Waals surface area contributed by atoms with E-state index in [1.165, 1.54) is 12.1 Å². The number of hydrogen-bond donors (Lipinski definition) is 0. The van der Waals surface area contributed by atoms with Crippen LogP contribution in [0.4, 0.5) is 4.39 Å². The molecule has 0 saturated carbocycles. The number of benzene rings is 1. The highest BCUT2D eigenvalue weighted by Gasteiger charge is 2.20. The largest absolute Gasteiger partial charge is 0.338 e. The first-order valence-corrected chi connectivity index (χ1v) is 5.68. The smallest absolute Gasteiger partial charge is 0.222 e. The normalized spacial score (nSPS) is 16.1. The number of amides is 1. The van der Waals surface area contributed by atoms with Crippen molar-refractivity contribution in [2.45, 2.75) is 19.4 Å². The number of carbonyl (C=O) groups is 1. The zero-order valence-electron chi connectivity index (χ0n) is 8.17. The Kier molecular flexibility index (Phi) is 3.05. The van der Waals surface area contributed by atoms with Gasteiger partial charge >= 0.3 is 0 Å². The van der Waals surface area contributed by atoms with Gasteiger partial charge in [-0.3, -0.25) is 4.79 Å². The van der Waals surface area contributed by atoms with Crippen LogP contribution in [0.3, 0.4) is 0 Å². The van der Waals surface area contributed by atoms with Gasteiger partial charge in [-0.15, -0.1) is 0 Å². The highest BCUT2D eigenvalue weighted by Crippen LogP contribution is 2.22. The standard InChI is InChI=1S/C11H11BrFNO/c12-10-6-9(13)4-3-8(10)7-14-5-1-2-11(14)15/h3-4,6H,1-2,5,7H2. The number of rotatable bonds is 2. The summed E-state index contributed by atoms with van der Waals surface area (Å²) in [5, 5.41) is 0. The van der Waals surface area contributed by atoms with Crippen molar-refractivity contribution in [1.29, 1.82) is 0 Å². The summed E-state index contributed by atoms with van der Waals surface area (Å²) in [4.78, 5) is 13.2. The van der Waals surface area contributed by atoms with Crippen LogP contribution in [-0.4, -0.2) is 17.4 Å². The van der Waals surface area contributed by atoms with Crippen molar-refractivity contribution >= 4 is 21.8 Å². The van der Waals surface area contributed by atoms with E-state index in [4.69, 9.17) is 0 Å². The molecule has 1 aliphatic rings. The average Bonchev–Trinajstić information content (AvgIpc) is 2.57. The third-order valence-corrected chi connectivity index (χ3v) is 3.29. The first-order valence-electron chi connectivity index (χ1n) is 4.88. The van der Waals surface area contributed by atoms with E-state index in [2.05, 4.69) is 15.9 Å². The van der Waals surface area contributed by atoms with E-state index < -0.39 is 0 Å². The van der Waals surface area contributed by atoms with E-state index in [0.29, 0.717) is 13.0 Å². The van der Waals surface area contributed by atoms with Gasteiger partial charge in [0.05, 0.1) is 0 Å². The fraction of sp³-hybridized carbons (Fsp3) is 0.364. The predicted molar refractivity (Wildman–Crippen MR) is 58.8 cm³/mol. The van der Waals surface area contributed by atoms with Crippen LogP contribution >= 0.6 is 15.9 Å². The lowest BCUT2D eigenvalue weighted by molar-refractivity contribution is -0.128. The van der Waals surface area contributed by atoms with Crippen LogP contribution < -0.4 is 0 Å². The molecule has 15 heavy (non-hydrogen) atoms. The van der Waals surface area contributed by atoms with E-state index in [1.54, 1.807) is 11.0 Å². The van der Waals surface area contributed by atoms with Crippen LogP contribution in [0.15, 0.2) is 22.7 Å². The highest BCUT2D eigenvalue weighted by atomic mass is 79.9. The molecular weight excluding hydrogens is 261 g/mol. The fourth-order valence-electron chi connectivity index (χ4n) is 1.73. The second-order valence-electron chi connectivity index (χ2n) is 3.65. The van der Waals surface area contributed by atoms with Crippen molar-refractivity contribution in [3.05, 3.63) is 34.1 Å². The molecule has 0 atom stereocenters. The molecule has 2 rings (SSSR count). The lowest BCUT2D eigenvalue weighted by atomic mass is 10.2. The molecule has 1 aromatic carbocycles. The number of nitrogens with zero attached hydrogens (tertiary/aromatic N) is 1. The van der Waals surface area contributed by atoms with E-state index in [1.807, 2.05) is 0 Å². The van der Waals surface area contributed by atoms with Crippen LogP contribution in [0.1, 0.15) is 18.4 Å². The van der Waals surface area contributed by atoms with Gasteiger partial charge in [0.15, 0.2) is 0 Å². The second-order valence-corrected chi connectivity index (χ2v) is 4.51. The Morgan fingerprint density at radius 1 is 1.47 bits per heavy atom. The minimum absolute atomic E-state index is 0.186. The second kappa shape index (κ2) is 4.31. The molecular formula is C11H11BrFNO. The Morgan fingerprint density at radius 3 is 2.87 bits per heavy atom. The van der Waals surface area contributed by atoms with Gasteiger partial charge in [-0.2, -0.15) is 0 Å². The quantitative estimate of drug-likeness (QED) is 0.810. The fourth-order valence-corrected chi connectivity index (χ4v) is 2.20. The Balaban J connectivity index is 2.13. The molecule has 1 aliphatic heterocycles. The minimum atomic E-state index is -0.265. The number of carbonyl (C=O) groups excluding carboxylic acids is 1. The van der Waals surface area contributed by atoms with Gasteiger partial charge in [0, 0.05) is 24.0 Å². The van der Waals surface area contributed by atoms with Crippen LogP contribution in [0.2, 0.25) is 0 Å². The summed E-state index contributed by atoms with van der Waals surface area (Å²) in [6.07, 6.45) is 1.57. The van der Waals surface area contributed by atoms with Gasteiger partial charge in [0.1, 0.15) is 5.82 Å². The van der Waals surface area contributed by atoms with Gasteiger partial charge in [-0.1, -0.05) is 22.0 Å². The van der Waals surface area contributed by atoms with Gasteiger partial charge in [0.25, 0.3) is 0 Å². The zero-order chi connectivity index (χ0) is 10.8. The topological polar surface area (TPSA) is 20.3 Å². The van der Waals surface area contributed by atoms with Crippen LogP contribution in [0.25, 0.3) is 0 Å². The third kappa shape index (κ3) is 2.37. The van der Waals surface area contributed by atoms with Crippen molar-refractivity contribution in [2.75, 3.05) is 6.54 Å². The van der Waals surface area contributed by atoms with Crippen molar-refractivity contribution < 1.29 is 9.18 Å². The molecule has 2 nitrogen and oxygen atoms in total. The molecule has 1 aromatic rings. The van der Waals surface area contributed by atoms with Crippen molar-refractivity contribution in [3.8, 4) is 0 Å². The SMILES string of the molecule is O=C1CCCN1Cc1ccc(F)cc1Br. The zero-order valence-corrected chi connectivity index (χ0v) is 9.76. The summed E-state index contributed by atoms with van der Waals surface area (Å²) in [5.41, 5.74) is 0.951. The minimum Gasteiger partial charge on any atom is -0.338 e. The molecule has 1 saturated heterocycles. The predicted octanol–water partition coefficient (Wildman–Crippen LogP) is 2.71. The Morgan fingerprint density at radius 2 is 2.27 bits per heavy atom. The first-order chi connectivity index (χ1) is 7.16. The number of hydrogen-bond acceptors (Lipinski definition) is 1. The lowest BCUT2D eigenvalue weighted by Gasteiger charge is -2.16. The molecule has 1 fully saturated rings. The molecule has 4 heteroatoms. The van der Waals surface area contributed by atoms with Gasteiger partial charge in [-0.05, 0) is 24.1 Å². The highest BCUT2D eigenvalue weighted by molar-refractivity contribution is 9.10. The molecule has 0 aromatic heterocycles. The van der Waals surface area contributed by atoms with Crippen molar-refractivity contribution in [2.24, 2.45) is 0 Å². The molecule has 0 aliphatic carbocycles. The van der Waals surface area contributed by atoms with E-state index >= 15 is 0 Å². The van der Waals surface area contributed by atoms with Crippen molar-refractivity contribution in [1.82, 2.24) is 4.90 Å². The van der Waals surface area contributed by atoms with Gasteiger partial charge in [-0.25, -0.2) is 4.39 Å². The molecule has 1 amide bonds. The summed E-state index contributed by atoms with van der Waals surface area (Å²) in [7, 11) is 0. The van der Waals surface area contributed by atoms with Crippen LogP contribution in [0, 0.1) is 5.82 Å². The van der Waals surface area contributed by atoms with E-state index in [0.717, 1.165) is 23.0 Å². The number of halogens is 2. The summed E-state index contributed by atoms with van der Waals surface area (Å²) >= 11 is 3.30. The first kappa shape index (κ1) is 10.6. The van der Waals surface area contributed by atoms with Crippen LogP contribution in [0.5, 0.6) is 0 Å². The maximum atomic E-state index is 12.8. The summed E-state index contributed by atoms with van der Waals surface area (Å²) in [6, 6.07) is 4.56. The van der Waals surface area contributed by atoms with E-state index in [9.17, 15) is 9.18 Å². The summed E-state index contributed by atoms with van der Waals surface area (Å²) in [6.45, 7) is 1.38. The molecule has 80 valence electrons. The summed E-state index contributed by atoms with van der Waals surface area (Å²) < 4.78 is 13.6. The van der Waals surface area contributed by atoms with Gasteiger partial charge < -0.3 is 4.90 Å². The van der Waals surface area contributed by atoms with Crippen molar-refractivity contribution in [3.63, 3.8) is 0 Å². The average molecular weight is 272 g/mol. The monoisotopic (exact) mass is 271 g/mol. The Labute approximate surface area is 96.2 Å². The molecule has 1 heterocycles. The Bertz CT molecular complexity index is 394. The maximum absolute atomic E-state index is 12.8. The third-order valence-electron chi connectivity index (χ3n) is 2.55. The molecule has 0 unspecified atom stereocenters. The Hall–Kier alpha value is -0.900. The molecule has 0 bridgehead atoms. The van der Waals surface area contributed by atoms with Gasteiger partial charge in [0.2, 0.25) is 5.91 Å². The molecule has 0 N–H and O–H groups in total. The van der Waals surface area contributed by atoms with Crippen LogP contribution in [-0.2, 0) is 11.3 Å². The summed E-state index contributed by atoms with van der Waals surface area (Å²) in [5.74, 6) is -0.0791. The molecule has 0 spiro atoms.